The van der Waals surface area contributed by atoms with Gasteiger partial charge in [-0.05, 0) is 45.8 Å². The summed E-state index contributed by atoms with van der Waals surface area (Å²) in [5, 5.41) is 15.5. The number of carboxylic acids is 1. The fourth-order valence-electron chi connectivity index (χ4n) is 2.58. The molecule has 10 heteroatoms. The monoisotopic (exact) mass is 508 g/mol. The van der Waals surface area contributed by atoms with Crippen molar-refractivity contribution >= 4 is 62.5 Å². The number of hydrogen-bond acceptors (Lipinski definition) is 5. The van der Waals surface area contributed by atoms with E-state index in [4.69, 9.17) is 23.2 Å². The zero-order valence-electron chi connectivity index (χ0n) is 15.3. The first kappa shape index (κ1) is 22.0. The molecule has 154 valence electrons. The van der Waals surface area contributed by atoms with Crippen molar-refractivity contribution in [1.82, 2.24) is 9.97 Å². The lowest BCUT2D eigenvalue weighted by molar-refractivity contribution is -0.137. The molecular weight excluding hydrogens is 495 g/mol. The van der Waals surface area contributed by atoms with Gasteiger partial charge in [-0.25, -0.2) is 9.78 Å². The van der Waals surface area contributed by atoms with Gasteiger partial charge in [-0.2, -0.15) is 0 Å². The fraction of sp³-hybridized carbons (Fsp3) is 0.100. The molecule has 0 aliphatic heterocycles. The first-order chi connectivity index (χ1) is 14.3. The highest BCUT2D eigenvalue weighted by Crippen LogP contribution is 2.29. The topological polar surface area (TPSA) is 104 Å². The van der Waals surface area contributed by atoms with Gasteiger partial charge in [0.1, 0.15) is 11.9 Å². The van der Waals surface area contributed by atoms with Crippen LogP contribution in [0.1, 0.15) is 15.9 Å². The number of pyridine rings is 2. The number of carboxylic acid groups (broad SMARTS) is 1. The fourth-order valence-corrected chi connectivity index (χ4v) is 3.28. The number of carbonyl (C=O) groups is 2. The molecule has 1 atom stereocenters. The van der Waals surface area contributed by atoms with Crippen molar-refractivity contribution in [3.05, 3.63) is 80.6 Å². The predicted octanol–water partition coefficient (Wildman–Crippen LogP) is 4.91. The van der Waals surface area contributed by atoms with Gasteiger partial charge in [0.15, 0.2) is 0 Å². The van der Waals surface area contributed by atoms with Crippen LogP contribution in [-0.2, 0) is 11.2 Å². The van der Waals surface area contributed by atoms with Crippen molar-refractivity contribution in [2.24, 2.45) is 0 Å². The molecule has 3 N–H and O–H groups in total. The Morgan fingerprint density at radius 2 is 1.70 bits per heavy atom. The number of nitrogens with one attached hydrogen (secondary N) is 2. The maximum absolute atomic E-state index is 12.5. The van der Waals surface area contributed by atoms with Gasteiger partial charge in [0, 0.05) is 35.0 Å². The van der Waals surface area contributed by atoms with Crippen molar-refractivity contribution < 1.29 is 14.7 Å². The summed E-state index contributed by atoms with van der Waals surface area (Å²) in [4.78, 5) is 32.1. The maximum Gasteiger partial charge on any atom is 0.326 e. The number of hydrogen-bond donors (Lipinski definition) is 3. The van der Waals surface area contributed by atoms with Crippen molar-refractivity contribution in [1.29, 1.82) is 0 Å². The van der Waals surface area contributed by atoms with E-state index in [2.05, 4.69) is 36.5 Å². The van der Waals surface area contributed by atoms with Gasteiger partial charge >= 0.3 is 5.97 Å². The van der Waals surface area contributed by atoms with E-state index in [0.717, 1.165) is 10.0 Å². The van der Waals surface area contributed by atoms with Gasteiger partial charge in [0.05, 0.1) is 15.7 Å². The molecule has 0 saturated heterocycles. The number of halogens is 3. The number of anilines is 2. The number of nitrogens with zero attached hydrogens (tertiary/aromatic N) is 2. The van der Waals surface area contributed by atoms with Crippen LogP contribution < -0.4 is 10.6 Å². The smallest absolute Gasteiger partial charge is 0.326 e. The molecule has 2 heterocycles. The van der Waals surface area contributed by atoms with Crippen LogP contribution in [0, 0.1) is 0 Å². The molecule has 0 aliphatic rings. The number of carbonyl (C=O) groups excluding carboxylic acids is 1. The maximum atomic E-state index is 12.5. The van der Waals surface area contributed by atoms with Crippen molar-refractivity contribution in [3.8, 4) is 0 Å². The van der Waals surface area contributed by atoms with E-state index in [1.807, 2.05) is 0 Å². The Bertz CT molecular complexity index is 1040. The summed E-state index contributed by atoms with van der Waals surface area (Å²) in [5.74, 6) is -0.959. The van der Waals surface area contributed by atoms with Gasteiger partial charge in [-0.1, -0.05) is 35.3 Å². The molecule has 0 bridgehead atoms. The van der Waals surface area contributed by atoms with Gasteiger partial charge in [0.2, 0.25) is 0 Å². The third-order valence-corrected chi connectivity index (χ3v) is 5.14. The largest absolute Gasteiger partial charge is 0.480 e. The minimum atomic E-state index is -1.01. The van der Waals surface area contributed by atoms with E-state index in [0.29, 0.717) is 11.4 Å². The Morgan fingerprint density at radius 1 is 1.03 bits per heavy atom. The number of rotatable bonds is 7. The van der Waals surface area contributed by atoms with Crippen LogP contribution in [0.5, 0.6) is 0 Å². The van der Waals surface area contributed by atoms with Gasteiger partial charge < -0.3 is 15.7 Å². The molecule has 0 spiro atoms. The van der Waals surface area contributed by atoms with E-state index < -0.39 is 17.9 Å². The molecular formula is C20H15BrCl2N4O3. The van der Waals surface area contributed by atoms with Crippen molar-refractivity contribution in [2.45, 2.75) is 12.5 Å². The third kappa shape index (κ3) is 5.69. The molecule has 0 saturated carbocycles. The highest BCUT2D eigenvalue weighted by Gasteiger charge is 2.19. The SMILES string of the molecule is O=C(Nc1c(Cl)cncc1Cl)c1ccc(CC(Nc2ccc(Br)cn2)C(=O)O)cc1. The Hall–Kier alpha value is -2.68. The molecule has 1 aromatic carbocycles. The van der Waals surface area contributed by atoms with Crippen LogP contribution in [0.3, 0.4) is 0 Å². The molecule has 1 amide bonds. The predicted molar refractivity (Wildman–Crippen MR) is 119 cm³/mol. The second-order valence-corrected chi connectivity index (χ2v) is 7.96. The summed E-state index contributed by atoms with van der Waals surface area (Å²) in [6, 6.07) is 9.16. The van der Waals surface area contributed by atoms with Gasteiger partial charge in [0.25, 0.3) is 5.91 Å². The zero-order chi connectivity index (χ0) is 21.7. The lowest BCUT2D eigenvalue weighted by Crippen LogP contribution is -2.31. The van der Waals surface area contributed by atoms with Gasteiger partial charge in [-0.15, -0.1) is 0 Å². The highest BCUT2D eigenvalue weighted by molar-refractivity contribution is 9.10. The molecule has 2 aromatic heterocycles. The van der Waals surface area contributed by atoms with Crippen molar-refractivity contribution in [3.63, 3.8) is 0 Å². The highest BCUT2D eigenvalue weighted by atomic mass is 79.9. The van der Waals surface area contributed by atoms with Crippen LogP contribution >= 0.6 is 39.1 Å². The Labute approximate surface area is 190 Å². The minimum absolute atomic E-state index is 0.205. The average molecular weight is 510 g/mol. The van der Waals surface area contributed by atoms with E-state index in [9.17, 15) is 14.7 Å². The van der Waals surface area contributed by atoms with Crippen LogP contribution in [0.4, 0.5) is 11.5 Å². The molecule has 0 aliphatic carbocycles. The second kappa shape index (κ2) is 9.88. The van der Waals surface area contributed by atoms with Crippen LogP contribution in [-0.4, -0.2) is 33.0 Å². The lowest BCUT2D eigenvalue weighted by atomic mass is 10.0. The summed E-state index contributed by atoms with van der Waals surface area (Å²) in [7, 11) is 0. The summed E-state index contributed by atoms with van der Waals surface area (Å²) in [6.45, 7) is 0. The normalized spacial score (nSPS) is 11.6. The van der Waals surface area contributed by atoms with E-state index in [1.54, 1.807) is 42.6 Å². The van der Waals surface area contributed by atoms with Crippen LogP contribution in [0.25, 0.3) is 0 Å². The zero-order valence-corrected chi connectivity index (χ0v) is 18.4. The summed E-state index contributed by atoms with van der Waals surface area (Å²) in [6.07, 6.45) is 4.55. The number of benzene rings is 1. The number of aromatic nitrogens is 2. The molecule has 30 heavy (non-hydrogen) atoms. The van der Waals surface area contributed by atoms with E-state index in [-0.39, 0.29) is 22.2 Å². The van der Waals surface area contributed by atoms with E-state index >= 15 is 0 Å². The molecule has 1 unspecified atom stereocenters. The van der Waals surface area contributed by atoms with Crippen LogP contribution in [0.2, 0.25) is 10.0 Å². The first-order valence-corrected chi connectivity index (χ1v) is 10.2. The average Bonchev–Trinajstić information content (AvgIpc) is 2.72. The Kier molecular flexibility index (Phi) is 7.25. The Morgan fingerprint density at radius 3 is 2.27 bits per heavy atom. The standard InChI is InChI=1S/C20H15BrCl2N4O3/c21-13-5-6-17(25-8-13)26-16(20(29)30)7-11-1-3-12(4-2-11)19(28)27-18-14(22)9-24-10-15(18)23/h1-6,8-10,16H,7H2,(H,25,26)(H,29,30)(H,24,27,28). The quantitative estimate of drug-likeness (QED) is 0.418. The molecule has 0 radical (unpaired) electrons. The Balaban J connectivity index is 1.68. The second-order valence-electron chi connectivity index (χ2n) is 6.23. The lowest BCUT2D eigenvalue weighted by Gasteiger charge is -2.15. The molecule has 0 fully saturated rings. The third-order valence-electron chi connectivity index (χ3n) is 4.10. The molecule has 3 rings (SSSR count). The minimum Gasteiger partial charge on any atom is -0.480 e. The molecule has 3 aromatic rings. The first-order valence-electron chi connectivity index (χ1n) is 8.63. The number of aliphatic carboxylic acids is 1. The summed E-state index contributed by atoms with van der Waals surface area (Å²) < 4.78 is 0.795. The van der Waals surface area contributed by atoms with Crippen LogP contribution in [0.15, 0.2) is 59.5 Å². The van der Waals surface area contributed by atoms with Crippen molar-refractivity contribution in [2.75, 3.05) is 10.6 Å². The summed E-state index contributed by atoms with van der Waals surface area (Å²) >= 11 is 15.3. The number of amides is 1. The van der Waals surface area contributed by atoms with Gasteiger partial charge in [-0.3, -0.25) is 9.78 Å². The van der Waals surface area contributed by atoms with E-state index in [1.165, 1.54) is 12.4 Å². The molecule has 7 nitrogen and oxygen atoms in total. The summed E-state index contributed by atoms with van der Waals surface area (Å²) in [5.41, 5.74) is 1.39.